The van der Waals surface area contributed by atoms with Crippen LogP contribution in [0.4, 0.5) is 0 Å². The zero-order valence-electron chi connectivity index (χ0n) is 17.8. The molecule has 0 aliphatic heterocycles. The van der Waals surface area contributed by atoms with Gasteiger partial charge in [-0.25, -0.2) is 0 Å². The van der Waals surface area contributed by atoms with E-state index in [0.717, 1.165) is 30.5 Å². The van der Waals surface area contributed by atoms with E-state index in [-0.39, 0.29) is 57.3 Å². The highest BCUT2D eigenvalue weighted by Gasteiger charge is 2.18. The number of hydrogen-bond acceptors (Lipinski definition) is 6. The highest BCUT2D eigenvalue weighted by molar-refractivity contribution is 5.88. The smallest absolute Gasteiger partial charge is 0.197 e. The van der Waals surface area contributed by atoms with Gasteiger partial charge in [0.2, 0.25) is 0 Å². The van der Waals surface area contributed by atoms with E-state index in [1.807, 2.05) is 26.8 Å². The number of phenols is 4. The van der Waals surface area contributed by atoms with Gasteiger partial charge in [0.15, 0.2) is 5.43 Å². The highest BCUT2D eigenvalue weighted by atomic mass is 16.3. The fourth-order valence-electron chi connectivity index (χ4n) is 3.36. The molecule has 0 amide bonds. The molecule has 4 N–H and O–H groups in total. The number of phenolic OH excluding ortho intramolecular Hbond substituents is 4. The molecular weight excluding hydrogens is 396 g/mol. The quantitative estimate of drug-likeness (QED) is 0.389. The normalized spacial score (nSPS) is 11.6. The van der Waals surface area contributed by atoms with Crippen LogP contribution < -0.4 is 5.43 Å². The molecule has 0 saturated heterocycles. The van der Waals surface area contributed by atoms with Crippen molar-refractivity contribution in [1.29, 1.82) is 0 Å². The summed E-state index contributed by atoms with van der Waals surface area (Å²) in [5.41, 5.74) is 2.31. The van der Waals surface area contributed by atoms with Crippen LogP contribution in [0.2, 0.25) is 0 Å². The fourth-order valence-corrected chi connectivity index (χ4v) is 3.36. The minimum atomic E-state index is -0.508. The number of allylic oxidation sites excluding steroid dienone is 4. The molecule has 0 aliphatic carbocycles. The first-order chi connectivity index (χ1) is 14.7. The van der Waals surface area contributed by atoms with Crippen LogP contribution in [0.5, 0.6) is 23.0 Å². The van der Waals surface area contributed by atoms with Crippen LogP contribution in [0.3, 0.4) is 0 Å². The fraction of sp³-hybridized carbons (Fsp3) is 0.240. The molecule has 0 atom stereocenters. The summed E-state index contributed by atoms with van der Waals surface area (Å²) < 4.78 is 5.68. The Bertz CT molecular complexity index is 1240. The van der Waals surface area contributed by atoms with Crippen molar-refractivity contribution in [3.63, 3.8) is 0 Å². The third-order valence-corrected chi connectivity index (χ3v) is 5.07. The van der Waals surface area contributed by atoms with Crippen molar-refractivity contribution in [3.05, 3.63) is 69.4 Å². The van der Waals surface area contributed by atoms with E-state index in [1.54, 1.807) is 0 Å². The standard InChI is InChI=1S/C25H26O6/c1-14(2)5-4-6-15(3)7-9-18-20(28)12-23-24(25(18)30)21(29)13-22(31-23)17-10-8-16(26)11-19(17)27/h5,7-8,10-13,26-28,30H,4,6,9H2,1-3H3/b15-7+. The van der Waals surface area contributed by atoms with Crippen molar-refractivity contribution >= 4 is 11.0 Å². The first kappa shape index (κ1) is 22.0. The molecule has 0 saturated carbocycles. The Morgan fingerprint density at radius 2 is 1.71 bits per heavy atom. The van der Waals surface area contributed by atoms with Crippen LogP contribution in [0.15, 0.2) is 62.8 Å². The van der Waals surface area contributed by atoms with Gasteiger partial charge in [-0.3, -0.25) is 4.79 Å². The summed E-state index contributed by atoms with van der Waals surface area (Å²) in [6.45, 7) is 6.08. The molecule has 1 aromatic heterocycles. The predicted octanol–water partition coefficient (Wildman–Crippen LogP) is 5.52. The van der Waals surface area contributed by atoms with Crippen molar-refractivity contribution in [2.45, 2.75) is 40.0 Å². The van der Waals surface area contributed by atoms with Gasteiger partial charge >= 0.3 is 0 Å². The lowest BCUT2D eigenvalue weighted by Gasteiger charge is -2.11. The summed E-state index contributed by atoms with van der Waals surface area (Å²) in [7, 11) is 0. The largest absolute Gasteiger partial charge is 0.508 e. The Kier molecular flexibility index (Phi) is 6.39. The molecular formula is C25H26O6. The molecule has 0 fully saturated rings. The van der Waals surface area contributed by atoms with Gasteiger partial charge in [0.1, 0.15) is 39.7 Å². The van der Waals surface area contributed by atoms with E-state index in [2.05, 4.69) is 6.08 Å². The third-order valence-electron chi connectivity index (χ3n) is 5.07. The maximum absolute atomic E-state index is 12.7. The average molecular weight is 422 g/mol. The van der Waals surface area contributed by atoms with E-state index in [0.29, 0.717) is 0 Å². The monoisotopic (exact) mass is 422 g/mol. The molecule has 1 heterocycles. The van der Waals surface area contributed by atoms with Crippen molar-refractivity contribution in [2.75, 3.05) is 0 Å². The van der Waals surface area contributed by atoms with Crippen LogP contribution in [0.25, 0.3) is 22.3 Å². The minimum absolute atomic E-state index is 0.00187. The van der Waals surface area contributed by atoms with Crippen molar-refractivity contribution < 1.29 is 24.8 Å². The second-order valence-corrected chi connectivity index (χ2v) is 7.85. The lowest BCUT2D eigenvalue weighted by atomic mass is 10.0. The molecule has 0 spiro atoms. The molecule has 6 heteroatoms. The van der Waals surface area contributed by atoms with E-state index in [1.165, 1.54) is 23.8 Å². The summed E-state index contributed by atoms with van der Waals surface area (Å²) in [6.07, 6.45) is 6.12. The lowest BCUT2D eigenvalue weighted by molar-refractivity contribution is 0.442. The van der Waals surface area contributed by atoms with Crippen LogP contribution in [0.1, 0.15) is 39.2 Å². The predicted molar refractivity (Wildman–Crippen MR) is 121 cm³/mol. The van der Waals surface area contributed by atoms with Crippen LogP contribution >= 0.6 is 0 Å². The van der Waals surface area contributed by atoms with Gasteiger partial charge in [-0.2, -0.15) is 0 Å². The summed E-state index contributed by atoms with van der Waals surface area (Å²) in [6, 6.07) is 6.34. The van der Waals surface area contributed by atoms with Crippen LogP contribution in [-0.4, -0.2) is 20.4 Å². The molecule has 0 radical (unpaired) electrons. The van der Waals surface area contributed by atoms with Crippen LogP contribution in [-0.2, 0) is 6.42 Å². The SMILES string of the molecule is CC(C)=CCC/C(C)=C/Cc1c(O)cc2oc(-c3ccc(O)cc3O)cc(=O)c2c1O. The summed E-state index contributed by atoms with van der Waals surface area (Å²) in [5, 5.41) is 40.6. The zero-order valence-corrected chi connectivity index (χ0v) is 17.8. The van der Waals surface area contributed by atoms with E-state index in [4.69, 9.17) is 4.42 Å². The summed E-state index contributed by atoms with van der Waals surface area (Å²) >= 11 is 0. The lowest BCUT2D eigenvalue weighted by Crippen LogP contribution is -2.02. The van der Waals surface area contributed by atoms with Crippen molar-refractivity contribution in [2.24, 2.45) is 0 Å². The Labute approximate surface area is 180 Å². The molecule has 0 aliphatic rings. The highest BCUT2D eigenvalue weighted by Crippen LogP contribution is 2.38. The van der Waals surface area contributed by atoms with E-state index in [9.17, 15) is 25.2 Å². The maximum Gasteiger partial charge on any atom is 0.197 e. The average Bonchev–Trinajstić information content (AvgIpc) is 2.66. The molecule has 162 valence electrons. The van der Waals surface area contributed by atoms with E-state index < -0.39 is 5.43 Å². The number of rotatable bonds is 6. The maximum atomic E-state index is 12.7. The molecule has 0 unspecified atom stereocenters. The van der Waals surface area contributed by atoms with Crippen molar-refractivity contribution in [1.82, 2.24) is 0 Å². The first-order valence-electron chi connectivity index (χ1n) is 10.0. The minimum Gasteiger partial charge on any atom is -0.508 e. The number of aromatic hydroxyl groups is 4. The molecule has 6 nitrogen and oxygen atoms in total. The van der Waals surface area contributed by atoms with Gasteiger partial charge in [0.05, 0.1) is 5.56 Å². The third kappa shape index (κ3) is 4.91. The van der Waals surface area contributed by atoms with Gasteiger partial charge in [-0.1, -0.05) is 23.3 Å². The Hall–Kier alpha value is -3.67. The molecule has 31 heavy (non-hydrogen) atoms. The molecule has 3 rings (SSSR count). The first-order valence-corrected chi connectivity index (χ1v) is 10.0. The number of benzene rings is 2. The number of hydrogen-bond donors (Lipinski definition) is 4. The van der Waals surface area contributed by atoms with Gasteiger partial charge in [0.25, 0.3) is 0 Å². The van der Waals surface area contributed by atoms with E-state index >= 15 is 0 Å². The van der Waals surface area contributed by atoms with Gasteiger partial charge < -0.3 is 24.8 Å². The molecule has 3 aromatic rings. The Morgan fingerprint density at radius 3 is 2.39 bits per heavy atom. The summed E-state index contributed by atoms with van der Waals surface area (Å²) in [4.78, 5) is 12.7. The van der Waals surface area contributed by atoms with Gasteiger partial charge in [0, 0.05) is 23.8 Å². The molecule has 0 bridgehead atoms. The second kappa shape index (κ2) is 9.00. The van der Waals surface area contributed by atoms with Gasteiger partial charge in [-0.15, -0.1) is 0 Å². The Balaban J connectivity index is 1.99. The number of fused-ring (bicyclic) bond motifs is 1. The van der Waals surface area contributed by atoms with Crippen molar-refractivity contribution in [3.8, 4) is 34.3 Å². The van der Waals surface area contributed by atoms with Gasteiger partial charge in [-0.05, 0) is 52.2 Å². The Morgan fingerprint density at radius 1 is 0.968 bits per heavy atom. The molecule has 2 aromatic carbocycles. The topological polar surface area (TPSA) is 111 Å². The zero-order chi connectivity index (χ0) is 22.7. The second-order valence-electron chi connectivity index (χ2n) is 7.85. The summed E-state index contributed by atoms with van der Waals surface area (Å²) in [5.74, 6) is -0.849. The van der Waals surface area contributed by atoms with Crippen LogP contribution in [0, 0.1) is 0 Å².